The minimum atomic E-state index is -1.22. The molecule has 2 amide bonds. The standard InChI is InChI=1S/C26H30Br2ClN3O4/c1-26(2,3)32(25(34)35)36-14-21(33)31-8-6-15(7-9-31)23-22-16(11-19(29)12-20(22)28)4-5-17-10-18(27)13-30-24(17)23/h10-13,15,23H,4-9,14H2,1-3H3,(H,34,35)/t23-/m1/s1. The Kier molecular flexibility index (Phi) is 8.34. The zero-order valence-corrected chi connectivity index (χ0v) is 24.5. The van der Waals surface area contributed by atoms with Gasteiger partial charge in [0.2, 0.25) is 0 Å². The van der Waals surface area contributed by atoms with E-state index in [9.17, 15) is 14.7 Å². The van der Waals surface area contributed by atoms with E-state index in [1.807, 2.05) is 12.3 Å². The summed E-state index contributed by atoms with van der Waals surface area (Å²) in [5, 5.41) is 11.0. The van der Waals surface area contributed by atoms with Crippen LogP contribution in [0, 0.1) is 5.92 Å². The van der Waals surface area contributed by atoms with Gasteiger partial charge in [-0.2, -0.15) is 5.06 Å². The Morgan fingerprint density at radius 1 is 1.17 bits per heavy atom. The predicted molar refractivity (Wildman–Crippen MR) is 145 cm³/mol. The average Bonchev–Trinajstić information content (AvgIpc) is 2.95. The van der Waals surface area contributed by atoms with Crippen LogP contribution in [0.25, 0.3) is 0 Å². The number of rotatable bonds is 4. The maximum absolute atomic E-state index is 12.9. The zero-order chi connectivity index (χ0) is 26.2. The summed E-state index contributed by atoms with van der Waals surface area (Å²) in [5.74, 6) is 0.177. The number of aromatic nitrogens is 1. The van der Waals surface area contributed by atoms with Crippen LogP contribution in [0.3, 0.4) is 0 Å². The molecular formula is C26H30Br2ClN3O4. The highest BCUT2D eigenvalue weighted by molar-refractivity contribution is 9.10. The molecule has 1 aromatic heterocycles. The molecule has 2 aromatic rings. The third kappa shape index (κ3) is 5.90. The number of nitrogens with zero attached hydrogens (tertiary/aromatic N) is 3. The van der Waals surface area contributed by atoms with Crippen molar-refractivity contribution in [2.45, 2.75) is 57.9 Å². The smallest absolute Gasteiger partial charge is 0.431 e. The fraction of sp³-hybridized carbons (Fsp3) is 0.500. The number of carboxylic acid groups (broad SMARTS) is 1. The molecule has 1 aliphatic heterocycles. The number of benzene rings is 1. The summed E-state index contributed by atoms with van der Waals surface area (Å²) in [5.41, 5.74) is 4.03. The van der Waals surface area contributed by atoms with Crippen molar-refractivity contribution in [3.63, 3.8) is 0 Å². The highest BCUT2D eigenvalue weighted by Gasteiger charge is 2.37. The van der Waals surface area contributed by atoms with Crippen molar-refractivity contribution in [2.75, 3.05) is 19.7 Å². The minimum Gasteiger partial charge on any atom is -0.463 e. The van der Waals surface area contributed by atoms with Gasteiger partial charge in [-0.3, -0.25) is 14.6 Å². The molecule has 1 atom stereocenters. The third-order valence-electron chi connectivity index (χ3n) is 6.88. The molecule has 0 spiro atoms. The number of aryl methyl sites for hydroxylation is 2. The normalized spacial score (nSPS) is 18.3. The summed E-state index contributed by atoms with van der Waals surface area (Å²) in [7, 11) is 0. The number of pyridine rings is 1. The van der Waals surface area contributed by atoms with Gasteiger partial charge in [-0.1, -0.05) is 27.5 Å². The first-order valence-corrected chi connectivity index (χ1v) is 14.0. The number of carbonyl (C=O) groups excluding carboxylic acids is 1. The van der Waals surface area contributed by atoms with Crippen molar-refractivity contribution in [1.29, 1.82) is 0 Å². The summed E-state index contributed by atoms with van der Waals surface area (Å²) in [6.45, 7) is 6.02. The molecule has 1 N–H and O–H groups in total. The fourth-order valence-electron chi connectivity index (χ4n) is 5.26. The first-order chi connectivity index (χ1) is 17.0. The van der Waals surface area contributed by atoms with Gasteiger partial charge < -0.3 is 10.0 Å². The van der Waals surface area contributed by atoms with Gasteiger partial charge in [0, 0.05) is 39.2 Å². The van der Waals surface area contributed by atoms with Crippen molar-refractivity contribution in [1.82, 2.24) is 14.9 Å². The molecule has 1 aromatic carbocycles. The number of halogens is 3. The number of likely N-dealkylation sites (tertiary alicyclic amines) is 1. The molecule has 2 heterocycles. The molecule has 1 saturated heterocycles. The van der Waals surface area contributed by atoms with Crippen LogP contribution in [0.5, 0.6) is 0 Å². The van der Waals surface area contributed by atoms with Crippen molar-refractivity contribution < 1.29 is 19.5 Å². The second kappa shape index (κ2) is 11.0. The Morgan fingerprint density at radius 2 is 1.83 bits per heavy atom. The Balaban J connectivity index is 1.53. The zero-order valence-electron chi connectivity index (χ0n) is 20.6. The van der Waals surface area contributed by atoms with Crippen LogP contribution < -0.4 is 0 Å². The number of piperidine rings is 1. The molecule has 36 heavy (non-hydrogen) atoms. The van der Waals surface area contributed by atoms with Crippen LogP contribution in [0.15, 0.2) is 33.3 Å². The van der Waals surface area contributed by atoms with Gasteiger partial charge in [-0.05, 0) is 103 Å². The van der Waals surface area contributed by atoms with E-state index in [-0.39, 0.29) is 18.4 Å². The molecule has 1 aliphatic carbocycles. The molecule has 10 heteroatoms. The summed E-state index contributed by atoms with van der Waals surface area (Å²) < 4.78 is 1.96. The largest absolute Gasteiger partial charge is 0.463 e. The number of hydrogen-bond donors (Lipinski definition) is 1. The third-order valence-corrected chi connectivity index (χ3v) is 8.19. The van der Waals surface area contributed by atoms with Crippen molar-refractivity contribution >= 4 is 55.5 Å². The molecule has 0 radical (unpaired) electrons. The monoisotopic (exact) mass is 641 g/mol. The molecule has 0 bridgehead atoms. The molecule has 4 rings (SSSR count). The van der Waals surface area contributed by atoms with Crippen molar-refractivity contribution in [3.8, 4) is 0 Å². The van der Waals surface area contributed by atoms with Gasteiger partial charge >= 0.3 is 6.09 Å². The van der Waals surface area contributed by atoms with Gasteiger partial charge in [0.15, 0.2) is 6.61 Å². The van der Waals surface area contributed by atoms with E-state index in [1.54, 1.807) is 25.7 Å². The lowest BCUT2D eigenvalue weighted by molar-refractivity contribution is -0.188. The Morgan fingerprint density at radius 3 is 2.47 bits per heavy atom. The highest BCUT2D eigenvalue weighted by atomic mass is 79.9. The number of hydrogen-bond acceptors (Lipinski definition) is 4. The SMILES string of the molecule is CC(C)(C)N(OCC(=O)N1CCC([C@H]2c3ncc(Br)cc3CCc3cc(Cl)cc(Br)c32)CC1)C(=O)O. The number of hydroxylamine groups is 2. The van der Waals surface area contributed by atoms with Crippen molar-refractivity contribution in [2.24, 2.45) is 5.92 Å². The first kappa shape index (κ1) is 27.4. The first-order valence-electron chi connectivity index (χ1n) is 12.0. The summed E-state index contributed by atoms with van der Waals surface area (Å²) in [6, 6.07) is 6.18. The maximum Gasteiger partial charge on any atom is 0.431 e. The Bertz CT molecular complexity index is 1160. The van der Waals surface area contributed by atoms with E-state index in [0.717, 1.165) is 45.4 Å². The lowest BCUT2D eigenvalue weighted by Crippen LogP contribution is -2.48. The van der Waals surface area contributed by atoms with E-state index in [2.05, 4.69) is 44.0 Å². The number of fused-ring (bicyclic) bond motifs is 2. The van der Waals surface area contributed by atoms with Crippen LogP contribution in [0.4, 0.5) is 4.79 Å². The second-order valence-electron chi connectivity index (χ2n) is 10.4. The highest BCUT2D eigenvalue weighted by Crippen LogP contribution is 2.46. The van der Waals surface area contributed by atoms with Crippen LogP contribution in [-0.2, 0) is 22.5 Å². The molecule has 0 unspecified atom stereocenters. The van der Waals surface area contributed by atoms with Crippen LogP contribution >= 0.6 is 43.5 Å². The molecule has 2 aliphatic rings. The van der Waals surface area contributed by atoms with Crippen LogP contribution in [0.2, 0.25) is 5.02 Å². The molecule has 0 saturated carbocycles. The Hall–Kier alpha value is -1.68. The van der Waals surface area contributed by atoms with E-state index in [0.29, 0.717) is 24.0 Å². The summed E-state index contributed by atoms with van der Waals surface area (Å²) in [6.07, 6.45) is 4.04. The predicted octanol–water partition coefficient (Wildman–Crippen LogP) is 6.44. The van der Waals surface area contributed by atoms with E-state index < -0.39 is 11.6 Å². The van der Waals surface area contributed by atoms with E-state index >= 15 is 0 Å². The van der Waals surface area contributed by atoms with Gasteiger partial charge in [0.25, 0.3) is 5.91 Å². The van der Waals surface area contributed by atoms with E-state index in [1.165, 1.54) is 16.7 Å². The lowest BCUT2D eigenvalue weighted by Gasteiger charge is -2.37. The number of carbonyl (C=O) groups is 2. The topological polar surface area (TPSA) is 83.0 Å². The van der Waals surface area contributed by atoms with Gasteiger partial charge in [-0.15, -0.1) is 0 Å². The number of amides is 2. The second-order valence-corrected chi connectivity index (χ2v) is 12.6. The summed E-state index contributed by atoms with van der Waals surface area (Å²) >= 11 is 13.8. The lowest BCUT2D eigenvalue weighted by atomic mass is 9.76. The molecule has 194 valence electrons. The van der Waals surface area contributed by atoms with Gasteiger partial charge in [0.1, 0.15) is 0 Å². The molecule has 1 fully saturated rings. The van der Waals surface area contributed by atoms with Gasteiger partial charge in [-0.25, -0.2) is 4.79 Å². The maximum atomic E-state index is 12.9. The van der Waals surface area contributed by atoms with Crippen molar-refractivity contribution in [3.05, 3.63) is 60.7 Å². The fourth-order valence-corrected chi connectivity index (χ4v) is 6.76. The molecule has 7 nitrogen and oxygen atoms in total. The average molecular weight is 644 g/mol. The Labute approximate surface area is 233 Å². The van der Waals surface area contributed by atoms with Crippen LogP contribution in [-0.4, -0.2) is 57.3 Å². The van der Waals surface area contributed by atoms with E-state index in [4.69, 9.17) is 21.4 Å². The quantitative estimate of drug-likeness (QED) is 0.388. The molecular weight excluding hydrogens is 614 g/mol. The van der Waals surface area contributed by atoms with Gasteiger partial charge in [0.05, 0.1) is 11.2 Å². The minimum absolute atomic E-state index is 0.0918. The van der Waals surface area contributed by atoms with Crippen LogP contribution in [0.1, 0.15) is 61.9 Å². The summed E-state index contributed by atoms with van der Waals surface area (Å²) in [4.78, 5) is 36.4.